The van der Waals surface area contributed by atoms with Gasteiger partial charge in [-0.25, -0.2) is 0 Å². The summed E-state index contributed by atoms with van der Waals surface area (Å²) in [6.45, 7) is 2.03. The lowest BCUT2D eigenvalue weighted by Gasteiger charge is -2.17. The molecule has 0 bridgehead atoms. The van der Waals surface area contributed by atoms with Crippen LogP contribution in [-0.4, -0.2) is 41.8 Å². The molecule has 118 valence electrons. The molecule has 2 aromatic heterocycles. The average molecular weight is 329 g/mol. The molecule has 0 unspecified atom stereocenters. The molecule has 0 saturated carbocycles. The summed E-state index contributed by atoms with van der Waals surface area (Å²) in [7, 11) is 0. The van der Waals surface area contributed by atoms with Crippen LogP contribution in [0.15, 0.2) is 47.8 Å². The molecule has 23 heavy (non-hydrogen) atoms. The van der Waals surface area contributed by atoms with Crippen LogP contribution in [0.25, 0.3) is 11.5 Å². The fourth-order valence-electron chi connectivity index (χ4n) is 2.30. The lowest BCUT2D eigenvalue weighted by molar-refractivity contribution is -0.133. The molecule has 1 atom stereocenters. The van der Waals surface area contributed by atoms with Crippen molar-refractivity contribution in [1.82, 2.24) is 25.0 Å². The highest BCUT2D eigenvalue weighted by atomic mass is 32.2. The van der Waals surface area contributed by atoms with E-state index in [4.69, 9.17) is 5.11 Å². The molecule has 0 fully saturated rings. The highest BCUT2D eigenvalue weighted by Crippen LogP contribution is 2.30. The van der Waals surface area contributed by atoms with Crippen molar-refractivity contribution in [1.29, 1.82) is 0 Å². The first kappa shape index (κ1) is 15.3. The summed E-state index contributed by atoms with van der Waals surface area (Å²) >= 11 is 1.15. The summed E-state index contributed by atoms with van der Waals surface area (Å²) in [5, 5.41) is 24.7. The summed E-state index contributed by atoms with van der Waals surface area (Å²) in [5.41, 5.74) is 1.83. The fourth-order valence-corrected chi connectivity index (χ4v) is 3.03. The molecule has 0 radical (unpaired) electrons. The van der Waals surface area contributed by atoms with Gasteiger partial charge in [-0.2, -0.15) is 5.10 Å². The van der Waals surface area contributed by atoms with E-state index >= 15 is 0 Å². The van der Waals surface area contributed by atoms with Crippen molar-refractivity contribution in [2.24, 2.45) is 0 Å². The van der Waals surface area contributed by atoms with Gasteiger partial charge < -0.3 is 5.11 Å². The van der Waals surface area contributed by atoms with Gasteiger partial charge in [-0.05, 0) is 18.6 Å². The lowest BCUT2D eigenvalue weighted by Crippen LogP contribution is -2.11. The molecule has 0 saturated heterocycles. The van der Waals surface area contributed by atoms with Crippen molar-refractivity contribution in [3.05, 3.63) is 48.2 Å². The first-order valence-electron chi connectivity index (χ1n) is 7.01. The molecule has 2 N–H and O–H groups in total. The molecule has 8 heteroatoms. The standard InChI is InChI=1S/C15H15N5O2S/c1-10(11-5-3-2-4-6-11)20-14(12-7-8-16-17-12)18-19-15(20)23-9-13(21)22/h2-8,10H,9H2,1H3,(H,16,17)(H,21,22)/t10-/m1/s1. The molecule has 3 aromatic rings. The first-order valence-corrected chi connectivity index (χ1v) is 7.99. The lowest BCUT2D eigenvalue weighted by atomic mass is 10.1. The quantitative estimate of drug-likeness (QED) is 0.674. The van der Waals surface area contributed by atoms with Crippen LogP contribution in [0.5, 0.6) is 0 Å². The largest absolute Gasteiger partial charge is 0.481 e. The van der Waals surface area contributed by atoms with E-state index in [1.54, 1.807) is 6.20 Å². The smallest absolute Gasteiger partial charge is 0.313 e. The number of carboxylic acids is 1. The van der Waals surface area contributed by atoms with E-state index in [0.717, 1.165) is 23.0 Å². The monoisotopic (exact) mass is 329 g/mol. The van der Waals surface area contributed by atoms with Crippen LogP contribution in [0.1, 0.15) is 18.5 Å². The Bertz CT molecular complexity index is 786. The Labute approximate surface area is 136 Å². The van der Waals surface area contributed by atoms with Gasteiger partial charge in [0.1, 0.15) is 5.69 Å². The van der Waals surface area contributed by atoms with Crippen molar-refractivity contribution in [2.45, 2.75) is 18.1 Å². The zero-order chi connectivity index (χ0) is 16.2. The second-order valence-corrected chi connectivity index (χ2v) is 5.86. The Morgan fingerprint density at radius 2 is 2.09 bits per heavy atom. The minimum atomic E-state index is -0.889. The number of benzene rings is 1. The summed E-state index contributed by atoms with van der Waals surface area (Å²) in [6.07, 6.45) is 1.64. The highest BCUT2D eigenvalue weighted by molar-refractivity contribution is 7.99. The second-order valence-electron chi connectivity index (χ2n) is 4.92. The van der Waals surface area contributed by atoms with E-state index in [-0.39, 0.29) is 11.8 Å². The maximum atomic E-state index is 10.9. The molecule has 0 aliphatic rings. The maximum absolute atomic E-state index is 10.9. The van der Waals surface area contributed by atoms with Gasteiger partial charge >= 0.3 is 5.97 Å². The number of H-pyrrole nitrogens is 1. The predicted molar refractivity (Wildman–Crippen MR) is 86.2 cm³/mol. The molecule has 0 aliphatic carbocycles. The number of aromatic nitrogens is 5. The predicted octanol–water partition coefficient (Wildman–Crippen LogP) is 2.45. The van der Waals surface area contributed by atoms with Crippen molar-refractivity contribution in [2.75, 3.05) is 5.75 Å². The fraction of sp³-hybridized carbons (Fsp3) is 0.200. The van der Waals surface area contributed by atoms with Crippen LogP contribution in [0, 0.1) is 0 Å². The molecule has 0 aliphatic heterocycles. The minimum absolute atomic E-state index is 0.0409. The molecule has 2 heterocycles. The Balaban J connectivity index is 2.03. The van der Waals surface area contributed by atoms with E-state index < -0.39 is 5.97 Å². The molecular formula is C15H15N5O2S. The number of hydrogen-bond acceptors (Lipinski definition) is 5. The van der Waals surface area contributed by atoms with Crippen LogP contribution in [-0.2, 0) is 4.79 Å². The van der Waals surface area contributed by atoms with Gasteiger partial charge in [-0.3, -0.25) is 14.5 Å². The normalized spacial score (nSPS) is 12.2. The van der Waals surface area contributed by atoms with Crippen molar-refractivity contribution in [3.63, 3.8) is 0 Å². The van der Waals surface area contributed by atoms with Crippen LogP contribution >= 0.6 is 11.8 Å². The molecule has 7 nitrogen and oxygen atoms in total. The van der Waals surface area contributed by atoms with Gasteiger partial charge in [-0.15, -0.1) is 10.2 Å². The Morgan fingerprint density at radius 1 is 1.30 bits per heavy atom. The third-order valence-electron chi connectivity index (χ3n) is 3.40. The SMILES string of the molecule is C[C@H](c1ccccc1)n1c(SCC(=O)O)nnc1-c1ccn[nH]1. The van der Waals surface area contributed by atoms with Gasteiger partial charge in [0.05, 0.1) is 11.8 Å². The van der Waals surface area contributed by atoms with E-state index in [0.29, 0.717) is 11.0 Å². The van der Waals surface area contributed by atoms with Gasteiger partial charge in [-0.1, -0.05) is 42.1 Å². The number of aliphatic carboxylic acids is 1. The molecule has 1 aromatic carbocycles. The number of thioether (sulfide) groups is 1. The first-order chi connectivity index (χ1) is 11.2. The number of nitrogens with zero attached hydrogens (tertiary/aromatic N) is 4. The summed E-state index contributed by atoms with van der Waals surface area (Å²) in [5.74, 6) is -0.324. The number of carbonyl (C=O) groups is 1. The third kappa shape index (κ3) is 3.26. The number of nitrogens with one attached hydrogen (secondary N) is 1. The van der Waals surface area contributed by atoms with Crippen LogP contribution in [0.3, 0.4) is 0 Å². The Morgan fingerprint density at radius 3 is 2.74 bits per heavy atom. The van der Waals surface area contributed by atoms with E-state index in [2.05, 4.69) is 20.4 Å². The van der Waals surface area contributed by atoms with Gasteiger partial charge in [0.15, 0.2) is 11.0 Å². The number of rotatable bonds is 6. The van der Waals surface area contributed by atoms with Crippen LogP contribution in [0.2, 0.25) is 0 Å². The molecule has 0 spiro atoms. The topological polar surface area (TPSA) is 96.7 Å². The van der Waals surface area contributed by atoms with Crippen molar-refractivity contribution >= 4 is 17.7 Å². The van der Waals surface area contributed by atoms with Gasteiger partial charge in [0, 0.05) is 6.20 Å². The highest BCUT2D eigenvalue weighted by Gasteiger charge is 2.21. The van der Waals surface area contributed by atoms with Gasteiger partial charge in [0.2, 0.25) is 0 Å². The van der Waals surface area contributed by atoms with Gasteiger partial charge in [0.25, 0.3) is 0 Å². The number of aromatic amines is 1. The van der Waals surface area contributed by atoms with Crippen LogP contribution in [0.4, 0.5) is 0 Å². The van der Waals surface area contributed by atoms with Crippen molar-refractivity contribution < 1.29 is 9.90 Å². The molecular weight excluding hydrogens is 314 g/mol. The van der Waals surface area contributed by atoms with E-state index in [1.165, 1.54) is 0 Å². The Kier molecular flexibility index (Phi) is 4.42. The van der Waals surface area contributed by atoms with Crippen molar-refractivity contribution in [3.8, 4) is 11.5 Å². The molecule has 3 rings (SSSR count). The Hall–Kier alpha value is -2.61. The zero-order valence-electron chi connectivity index (χ0n) is 12.4. The summed E-state index contributed by atoms with van der Waals surface area (Å²) < 4.78 is 1.93. The summed E-state index contributed by atoms with van der Waals surface area (Å²) in [6, 6.07) is 11.7. The van der Waals surface area contributed by atoms with E-state index in [1.807, 2.05) is 47.9 Å². The zero-order valence-corrected chi connectivity index (χ0v) is 13.2. The summed E-state index contributed by atoms with van der Waals surface area (Å²) in [4.78, 5) is 10.9. The third-order valence-corrected chi connectivity index (χ3v) is 4.33. The second kappa shape index (κ2) is 6.66. The molecule has 0 amide bonds. The van der Waals surface area contributed by atoms with Crippen LogP contribution < -0.4 is 0 Å². The number of hydrogen-bond donors (Lipinski definition) is 2. The average Bonchev–Trinajstić information content (AvgIpc) is 3.22. The maximum Gasteiger partial charge on any atom is 0.313 e. The number of carboxylic acid groups (broad SMARTS) is 1. The van der Waals surface area contributed by atoms with E-state index in [9.17, 15) is 4.79 Å². The minimum Gasteiger partial charge on any atom is -0.481 e.